The molecule has 7 aromatic rings. The number of unbranched alkanes of at least 4 members (excludes halogenated alkanes) is 9. The third-order valence-electron chi connectivity index (χ3n) is 15.7. The average molecular weight is 1240 g/mol. The van der Waals surface area contributed by atoms with E-state index in [9.17, 15) is 0 Å². The number of nitrogens with one attached hydrogen (secondary N) is 3. The number of aromatic amines is 2. The summed E-state index contributed by atoms with van der Waals surface area (Å²) >= 11 is 0. The first kappa shape index (κ1) is 69.5. The van der Waals surface area contributed by atoms with Gasteiger partial charge in [-0.3, -0.25) is 0 Å². The van der Waals surface area contributed by atoms with Crippen LogP contribution in [-0.2, 0) is 0 Å². The molecule has 4 aromatic carbocycles. The molecule has 14 heteroatoms. The monoisotopic (exact) mass is 1240 g/mol. The summed E-state index contributed by atoms with van der Waals surface area (Å²) in [4.78, 5) is 20.5. The van der Waals surface area contributed by atoms with Gasteiger partial charge in [-0.2, -0.15) is 0 Å². The second-order valence-electron chi connectivity index (χ2n) is 25.2. The Labute approximate surface area is 537 Å². The van der Waals surface area contributed by atoms with E-state index in [2.05, 4.69) is 219 Å². The van der Waals surface area contributed by atoms with E-state index in [1.807, 2.05) is 0 Å². The highest BCUT2D eigenvalue weighted by atomic mass is 35.5. The first-order valence-electron chi connectivity index (χ1n) is 31.2. The third-order valence-corrected chi connectivity index (χ3v) is 15.7. The molecule has 0 saturated carbocycles. The summed E-state index contributed by atoms with van der Waals surface area (Å²) in [5, 5.41) is 0. The van der Waals surface area contributed by atoms with E-state index in [-0.39, 0.29) is 37.2 Å². The zero-order chi connectivity index (χ0) is 58.9. The highest BCUT2D eigenvalue weighted by Gasteiger charge is 2.20. The smallest absolute Gasteiger partial charge is 0.119 e. The van der Waals surface area contributed by atoms with Crippen molar-refractivity contribution < 1.29 is 70.0 Å². The van der Waals surface area contributed by atoms with Crippen LogP contribution in [0.3, 0.4) is 0 Å². The first-order chi connectivity index (χ1) is 40.7. The van der Waals surface area contributed by atoms with Gasteiger partial charge < -0.3 is 80.0 Å². The zero-order valence-electron chi connectivity index (χ0n) is 53.1. The van der Waals surface area contributed by atoms with E-state index in [1.54, 1.807) is 0 Å². The van der Waals surface area contributed by atoms with Crippen LogP contribution >= 0.6 is 0 Å². The first-order valence-corrected chi connectivity index (χ1v) is 31.2. The van der Waals surface area contributed by atoms with Crippen molar-refractivity contribution in [1.82, 2.24) is 19.9 Å². The molecule has 5 heterocycles. The summed E-state index contributed by atoms with van der Waals surface area (Å²) in [5.74, 6) is 3.41. The number of quaternary nitrogens is 3. The minimum Gasteiger partial charge on any atom is -1.00 e. The molecule has 8 bridgehead atoms. The highest BCUT2D eigenvalue weighted by Crippen LogP contribution is 2.40. The minimum absolute atomic E-state index is 0. The van der Waals surface area contributed by atoms with Gasteiger partial charge in [-0.15, -0.1) is 0 Å². The summed E-state index contributed by atoms with van der Waals surface area (Å²) in [6.07, 6.45) is 24.5. The Morgan fingerprint density at radius 3 is 0.885 bits per heavy atom. The predicted molar refractivity (Wildman–Crippen MR) is 352 cm³/mol. The Bertz CT molecular complexity index is 3470. The molecule has 11 nitrogen and oxygen atoms in total. The summed E-state index contributed by atoms with van der Waals surface area (Å²) in [7, 11) is 17.6. The number of hydrogen-bond donors (Lipinski definition) is 3. The van der Waals surface area contributed by atoms with Crippen molar-refractivity contribution in [2.45, 2.75) is 90.4 Å². The number of benzene rings is 4. The molecule has 0 aliphatic carbocycles. The number of aromatic nitrogens is 4. The largest absolute Gasteiger partial charge is 1.00 e. The van der Waals surface area contributed by atoms with Gasteiger partial charge in [-0.1, -0.05) is 113 Å². The van der Waals surface area contributed by atoms with Gasteiger partial charge in [0, 0.05) is 63.6 Å². The van der Waals surface area contributed by atoms with Gasteiger partial charge in [-0.05, 0) is 126 Å². The van der Waals surface area contributed by atoms with Gasteiger partial charge in [0.05, 0.1) is 125 Å². The second kappa shape index (κ2) is 33.7. The molecule has 3 N–H and O–H groups in total. The van der Waals surface area contributed by atoms with E-state index in [0.717, 1.165) is 167 Å². The molecule has 2 aliphatic heterocycles. The maximum absolute atomic E-state index is 6.38. The highest BCUT2D eigenvalue weighted by molar-refractivity contribution is 6.00. The number of halogens is 3. The summed E-state index contributed by atoms with van der Waals surface area (Å²) < 4.78 is 27.0. The van der Waals surface area contributed by atoms with Crippen molar-refractivity contribution in [3.63, 3.8) is 0 Å². The summed E-state index contributed by atoms with van der Waals surface area (Å²) in [6.45, 7) is 8.09. The van der Waals surface area contributed by atoms with Crippen LogP contribution in [0.15, 0.2) is 121 Å². The lowest BCUT2D eigenvalue weighted by Crippen LogP contribution is -3.05. The molecule has 0 radical (unpaired) electrons. The van der Waals surface area contributed by atoms with Crippen molar-refractivity contribution >= 4 is 46.4 Å². The fourth-order valence-electron chi connectivity index (χ4n) is 11.1. The van der Waals surface area contributed by atoms with Crippen LogP contribution in [0.2, 0.25) is 0 Å². The molecule has 0 amide bonds. The van der Waals surface area contributed by atoms with Gasteiger partial charge in [0.2, 0.25) is 0 Å². The quantitative estimate of drug-likeness (QED) is 0.0340. The van der Waals surface area contributed by atoms with Crippen LogP contribution in [-0.4, -0.2) is 131 Å². The lowest BCUT2D eigenvalue weighted by atomic mass is 10.0. The standard InChI is InChI=1S/C73H93N7O4.3ClH/c1-10-11-12-13-14-15-16-17-18-19-50-81-58-31-23-54(24-32-58)70-62-39-41-64(74-62)71(55-25-33-59(34-26-55)82-51-20-47-78(2)3)65-42-44-67(76-65)73(57-29-37-61(38-30-57)84-53-22-49-80(7,8)9)69-46-45-68(77-69)72(66-43-40-63(70)75-66)56-27-35-60(36-28-56)83-52-21-48-79(4,5)6;;;/h23-46,74,77H,10-22,47-53H2,1-9H3;3*1H/q+2;;;/p-2. The summed E-state index contributed by atoms with van der Waals surface area (Å²) in [6, 6.07) is 42.7. The lowest BCUT2D eigenvalue weighted by molar-refractivity contribution is -0.870. The normalized spacial score (nSPS) is 11.9. The third kappa shape index (κ3) is 20.2. The molecule has 0 saturated heterocycles. The Morgan fingerprint density at radius 2 is 0.609 bits per heavy atom. The van der Waals surface area contributed by atoms with Crippen LogP contribution in [0.5, 0.6) is 23.0 Å². The van der Waals surface area contributed by atoms with Crippen molar-refractivity contribution in [3.8, 4) is 67.5 Å². The lowest BCUT2D eigenvalue weighted by Gasteiger charge is -2.23. The van der Waals surface area contributed by atoms with Gasteiger partial charge in [-0.25, -0.2) is 9.97 Å². The van der Waals surface area contributed by atoms with Crippen LogP contribution in [0.25, 0.3) is 90.9 Å². The van der Waals surface area contributed by atoms with Crippen molar-refractivity contribution in [2.24, 2.45) is 0 Å². The number of nitrogens with zero attached hydrogens (tertiary/aromatic N) is 4. The molecule has 2 aliphatic rings. The number of H-pyrrole nitrogens is 2. The van der Waals surface area contributed by atoms with Crippen LogP contribution in [0.4, 0.5) is 0 Å². The van der Waals surface area contributed by atoms with E-state index >= 15 is 0 Å². The maximum atomic E-state index is 6.38. The van der Waals surface area contributed by atoms with E-state index < -0.39 is 0 Å². The molecule has 0 fully saturated rings. The topological polar surface area (TPSA) is 98.7 Å². The van der Waals surface area contributed by atoms with Gasteiger partial charge >= 0.3 is 0 Å². The molecule has 0 atom stereocenters. The Hall–Kier alpha value is -6.57. The zero-order valence-corrected chi connectivity index (χ0v) is 55.3. The molecule has 466 valence electrons. The van der Waals surface area contributed by atoms with Gasteiger partial charge in [0.25, 0.3) is 0 Å². The van der Waals surface area contributed by atoms with Crippen molar-refractivity contribution in [3.05, 3.63) is 144 Å². The Balaban J connectivity index is 0.00000403. The Morgan fingerprint density at radius 1 is 0.345 bits per heavy atom. The molecule has 9 rings (SSSR count). The molecule has 0 spiro atoms. The molecule has 87 heavy (non-hydrogen) atoms. The predicted octanol–water partition coefficient (Wildman–Crippen LogP) is 6.50. The number of fused-ring (bicyclic) bond motifs is 8. The van der Waals surface area contributed by atoms with Crippen LogP contribution in [0.1, 0.15) is 113 Å². The molecule has 3 aromatic heterocycles. The van der Waals surface area contributed by atoms with Gasteiger partial charge in [0.15, 0.2) is 0 Å². The van der Waals surface area contributed by atoms with E-state index in [0.29, 0.717) is 26.4 Å². The van der Waals surface area contributed by atoms with E-state index in [4.69, 9.17) is 28.9 Å². The van der Waals surface area contributed by atoms with E-state index in [1.165, 1.54) is 62.7 Å². The summed E-state index contributed by atoms with van der Waals surface area (Å²) in [5.41, 5.74) is 15.2. The Kier molecular flexibility index (Phi) is 26.9. The fraction of sp³-hybridized carbons (Fsp3) is 0.397. The van der Waals surface area contributed by atoms with Crippen LogP contribution in [0, 0.1) is 0 Å². The van der Waals surface area contributed by atoms with Crippen molar-refractivity contribution in [2.75, 3.05) is 102 Å². The minimum atomic E-state index is 0. The molecular formula is C73H94Cl3N7O4. The van der Waals surface area contributed by atoms with Crippen molar-refractivity contribution in [1.29, 1.82) is 0 Å². The molecule has 0 unspecified atom stereocenters. The maximum Gasteiger partial charge on any atom is 0.119 e. The molecular weight excluding hydrogens is 1150 g/mol. The number of hydrogen-bond acceptors (Lipinski definition) is 6. The van der Waals surface area contributed by atoms with Gasteiger partial charge in [0.1, 0.15) is 23.0 Å². The number of ether oxygens (including phenoxy) is 4. The second-order valence-corrected chi connectivity index (χ2v) is 25.2. The fourth-order valence-corrected chi connectivity index (χ4v) is 11.1. The number of rotatable bonds is 31. The van der Waals surface area contributed by atoms with Crippen LogP contribution < -0.4 is 61.1 Å². The average Bonchev–Trinajstić information content (AvgIpc) is 1.88. The SMILES string of the molecule is CCCCCCCCCCCCOc1ccc(-c2c3nc(c(-c4ccc(OCCC[N+](C)(C)C)cc4)c4ccc([nH]4)c(-c4ccc(OCCC[N+](C)(C)C)cc4)c4nc(c(-c5ccc(OCCC[NH+](C)C)cc5)c5ccc2[nH]5)C=C4)C=C3)cc1.[Cl-].[Cl-].[Cl-].